The topological polar surface area (TPSA) is 73.8 Å². The van der Waals surface area contributed by atoms with E-state index < -0.39 is 0 Å². The van der Waals surface area contributed by atoms with Gasteiger partial charge in [0.05, 0.1) is 12.8 Å². The van der Waals surface area contributed by atoms with Gasteiger partial charge in [-0.2, -0.15) is 0 Å². The number of hydrogen-bond acceptors (Lipinski definition) is 6. The molecule has 0 radical (unpaired) electrons. The van der Waals surface area contributed by atoms with Gasteiger partial charge in [0.1, 0.15) is 12.4 Å². The van der Waals surface area contributed by atoms with Gasteiger partial charge in [0.15, 0.2) is 0 Å². The molecule has 0 fully saturated rings. The molecule has 0 saturated heterocycles. The van der Waals surface area contributed by atoms with E-state index in [4.69, 9.17) is 4.74 Å². The molecule has 0 bridgehead atoms. The summed E-state index contributed by atoms with van der Waals surface area (Å²) in [5.41, 5.74) is 2.43. The van der Waals surface area contributed by atoms with Crippen LogP contribution >= 0.6 is 0 Å². The third-order valence-corrected chi connectivity index (χ3v) is 5.43. The van der Waals surface area contributed by atoms with Crippen molar-refractivity contribution in [3.63, 3.8) is 0 Å². The number of imidazole rings is 1. The second-order valence-corrected chi connectivity index (χ2v) is 8.43. The molecule has 1 aromatic heterocycles. The van der Waals surface area contributed by atoms with Gasteiger partial charge < -0.3 is 14.6 Å². The number of aliphatic imine (C=N–C) groups is 1. The Morgan fingerprint density at radius 3 is 2.27 bits per heavy atom. The number of H-pyrrole nitrogens is 1. The van der Waals surface area contributed by atoms with Gasteiger partial charge in [-0.3, -0.25) is 14.7 Å². The first-order valence-electron chi connectivity index (χ1n) is 12.3. The number of esters is 1. The van der Waals surface area contributed by atoms with Gasteiger partial charge in [0.2, 0.25) is 0 Å². The summed E-state index contributed by atoms with van der Waals surface area (Å²) in [6, 6.07) is 8.60. The minimum atomic E-state index is -0.218. The number of carbonyl (C=O) groups excluding carboxylic acids is 1. The molecule has 1 aromatic carbocycles. The average molecular weight is 456 g/mol. The number of unbranched alkanes of at least 4 members (excludes halogenated alkanes) is 1. The Morgan fingerprint density at radius 1 is 1.00 bits per heavy atom. The molecule has 33 heavy (non-hydrogen) atoms. The van der Waals surface area contributed by atoms with Crippen LogP contribution in [0.1, 0.15) is 63.4 Å². The van der Waals surface area contributed by atoms with Crippen LogP contribution in [0.5, 0.6) is 0 Å². The van der Waals surface area contributed by atoms with Crippen molar-refractivity contribution in [2.75, 3.05) is 39.3 Å². The molecular formula is C26H41N5O2. The van der Waals surface area contributed by atoms with Gasteiger partial charge in [-0.05, 0) is 63.0 Å². The predicted molar refractivity (Wildman–Crippen MR) is 134 cm³/mol. The second-order valence-electron chi connectivity index (χ2n) is 8.43. The Hall–Kier alpha value is -2.51. The molecule has 7 heteroatoms. The minimum Gasteiger partial charge on any atom is -0.465 e. The van der Waals surface area contributed by atoms with Gasteiger partial charge >= 0.3 is 5.97 Å². The summed E-state index contributed by atoms with van der Waals surface area (Å²) < 4.78 is 5.20. The Balaban J connectivity index is 1.83. The smallest absolute Gasteiger partial charge is 0.302 e. The van der Waals surface area contributed by atoms with E-state index in [0.717, 1.165) is 38.4 Å². The zero-order valence-corrected chi connectivity index (χ0v) is 20.6. The molecular weight excluding hydrogens is 414 g/mol. The van der Waals surface area contributed by atoms with Crippen LogP contribution < -0.4 is 0 Å². The normalized spacial score (nSPS) is 11.7. The lowest BCUT2D eigenvalue weighted by molar-refractivity contribution is -0.141. The third-order valence-electron chi connectivity index (χ3n) is 5.43. The number of aromatic nitrogens is 2. The fourth-order valence-corrected chi connectivity index (χ4v) is 3.82. The fraction of sp³-hybridized carbons (Fsp3) is 0.577. The zero-order valence-electron chi connectivity index (χ0n) is 20.6. The predicted octanol–water partition coefficient (Wildman–Crippen LogP) is 4.30. The highest BCUT2D eigenvalue weighted by Gasteiger charge is 2.09. The van der Waals surface area contributed by atoms with Crippen LogP contribution in [0.4, 0.5) is 0 Å². The highest BCUT2D eigenvalue weighted by Crippen LogP contribution is 2.10. The van der Waals surface area contributed by atoms with Crippen LogP contribution in [-0.2, 0) is 22.6 Å². The quantitative estimate of drug-likeness (QED) is 0.219. The summed E-state index contributed by atoms with van der Waals surface area (Å²) in [6.07, 6.45) is 10.0. The van der Waals surface area contributed by atoms with E-state index in [1.807, 2.05) is 0 Å². The lowest BCUT2D eigenvalue weighted by Crippen LogP contribution is -2.30. The van der Waals surface area contributed by atoms with Crippen molar-refractivity contribution in [1.29, 1.82) is 0 Å². The Morgan fingerprint density at radius 2 is 1.67 bits per heavy atom. The largest absolute Gasteiger partial charge is 0.465 e. The van der Waals surface area contributed by atoms with Gasteiger partial charge in [0, 0.05) is 32.4 Å². The van der Waals surface area contributed by atoms with Crippen molar-refractivity contribution < 1.29 is 9.53 Å². The summed E-state index contributed by atoms with van der Waals surface area (Å²) >= 11 is 0. The third kappa shape index (κ3) is 11.8. The number of ether oxygens (including phenoxy) is 1. The van der Waals surface area contributed by atoms with E-state index in [1.165, 1.54) is 50.4 Å². The highest BCUT2D eigenvalue weighted by atomic mass is 16.5. The summed E-state index contributed by atoms with van der Waals surface area (Å²) in [5.74, 6) is 0.548. The van der Waals surface area contributed by atoms with Crippen molar-refractivity contribution in [3.8, 4) is 0 Å². The lowest BCUT2D eigenvalue weighted by atomic mass is 10.1. The number of nitrogens with zero attached hydrogens (tertiary/aromatic N) is 4. The van der Waals surface area contributed by atoms with Crippen LogP contribution in [0.3, 0.4) is 0 Å². The number of nitrogens with one attached hydrogen (secondary N) is 1. The Kier molecular flexibility index (Phi) is 13.1. The van der Waals surface area contributed by atoms with Crippen molar-refractivity contribution >= 4 is 12.2 Å². The molecule has 0 saturated carbocycles. The molecule has 7 nitrogen and oxygen atoms in total. The maximum Gasteiger partial charge on any atom is 0.302 e. The second kappa shape index (κ2) is 16.2. The van der Waals surface area contributed by atoms with Gasteiger partial charge in [-0.25, -0.2) is 4.98 Å². The standard InChI is InChI=1S/C26H41N5O2/c1-4-14-30(15-5-2)16-6-7-17-31(18-19-33-23(3)32)22-25-10-8-24(9-11-25)20-27-21-26-28-12-13-29-26/h8-13,21H,4-7,14-20,22H2,1-3H3,(H,28,29). The molecule has 2 aromatic rings. The van der Waals surface area contributed by atoms with Crippen molar-refractivity contribution in [3.05, 3.63) is 53.6 Å². The van der Waals surface area contributed by atoms with Crippen molar-refractivity contribution in [1.82, 2.24) is 19.8 Å². The molecule has 0 aliphatic heterocycles. The summed E-state index contributed by atoms with van der Waals surface area (Å²) in [5, 5.41) is 0. The summed E-state index contributed by atoms with van der Waals surface area (Å²) in [7, 11) is 0. The van der Waals surface area contributed by atoms with Crippen LogP contribution in [0, 0.1) is 0 Å². The molecule has 0 aliphatic rings. The van der Waals surface area contributed by atoms with Crippen LogP contribution in [0.2, 0.25) is 0 Å². The van der Waals surface area contributed by atoms with Crippen LogP contribution in [0.25, 0.3) is 0 Å². The molecule has 0 amide bonds. The number of aromatic amines is 1. The number of hydrogen-bond donors (Lipinski definition) is 1. The van der Waals surface area contributed by atoms with Gasteiger partial charge in [-0.15, -0.1) is 0 Å². The first-order chi connectivity index (χ1) is 16.1. The lowest BCUT2D eigenvalue weighted by Gasteiger charge is -2.24. The SMILES string of the molecule is CCCN(CCC)CCCCN(CCOC(C)=O)Cc1ccc(CN=Cc2ncc[nH]2)cc1. The average Bonchev–Trinajstić information content (AvgIpc) is 3.31. The number of carbonyl (C=O) groups is 1. The molecule has 0 spiro atoms. The Labute approximate surface area is 199 Å². The van der Waals surface area contributed by atoms with E-state index in [-0.39, 0.29) is 5.97 Å². The molecule has 0 unspecified atom stereocenters. The fourth-order valence-electron chi connectivity index (χ4n) is 3.82. The van der Waals surface area contributed by atoms with Crippen LogP contribution in [0.15, 0.2) is 41.7 Å². The van der Waals surface area contributed by atoms with Crippen LogP contribution in [-0.4, -0.2) is 71.3 Å². The van der Waals surface area contributed by atoms with E-state index >= 15 is 0 Å². The van der Waals surface area contributed by atoms with E-state index in [2.05, 4.69) is 62.9 Å². The molecule has 2 rings (SSSR count). The van der Waals surface area contributed by atoms with Gasteiger partial charge in [-0.1, -0.05) is 38.1 Å². The number of benzene rings is 1. The molecule has 0 aliphatic carbocycles. The molecule has 1 heterocycles. The zero-order chi connectivity index (χ0) is 23.7. The molecule has 0 atom stereocenters. The number of rotatable bonds is 17. The Bertz CT molecular complexity index is 784. The van der Waals surface area contributed by atoms with E-state index in [9.17, 15) is 4.79 Å². The van der Waals surface area contributed by atoms with E-state index in [0.29, 0.717) is 13.2 Å². The monoisotopic (exact) mass is 455 g/mol. The first kappa shape index (κ1) is 26.7. The summed E-state index contributed by atoms with van der Waals surface area (Å²) in [4.78, 5) is 27.7. The minimum absolute atomic E-state index is 0.218. The maximum absolute atomic E-state index is 11.2. The van der Waals surface area contributed by atoms with Gasteiger partial charge in [0.25, 0.3) is 0 Å². The first-order valence-corrected chi connectivity index (χ1v) is 12.3. The highest BCUT2D eigenvalue weighted by molar-refractivity contribution is 5.74. The molecule has 182 valence electrons. The molecule has 1 N–H and O–H groups in total. The van der Waals surface area contributed by atoms with E-state index in [1.54, 1.807) is 18.6 Å². The van der Waals surface area contributed by atoms with Crippen molar-refractivity contribution in [2.24, 2.45) is 4.99 Å². The summed E-state index contributed by atoms with van der Waals surface area (Å²) in [6.45, 7) is 13.2. The maximum atomic E-state index is 11.2. The van der Waals surface area contributed by atoms with Crippen molar-refractivity contribution in [2.45, 2.75) is 59.5 Å².